The highest BCUT2D eigenvalue weighted by atomic mass is 16.4. The Hall–Kier alpha value is -3.83. The molecular weight excluding hydrogens is 442 g/mol. The first kappa shape index (κ1) is 24.8. The molecule has 0 spiro atoms. The van der Waals surface area contributed by atoms with Gasteiger partial charge in [-0.05, 0) is 43.9 Å². The van der Waals surface area contributed by atoms with Crippen molar-refractivity contribution in [2.24, 2.45) is 5.73 Å². The number of nitrogens with one attached hydrogen (secondary N) is 5. The molecule has 0 aromatic heterocycles. The van der Waals surface area contributed by atoms with E-state index in [1.807, 2.05) is 0 Å². The van der Waals surface area contributed by atoms with Crippen molar-refractivity contribution in [2.75, 3.05) is 23.7 Å². The summed E-state index contributed by atoms with van der Waals surface area (Å²) in [6.45, 7) is 1.16. The van der Waals surface area contributed by atoms with Gasteiger partial charge in [0.15, 0.2) is 5.96 Å². The molecule has 12 nitrogen and oxygen atoms in total. The number of nitrogens with zero attached hydrogens (tertiary/aromatic N) is 1. The molecule has 3 rings (SSSR count). The zero-order valence-electron chi connectivity index (χ0n) is 18.9. The third-order valence-electron chi connectivity index (χ3n) is 5.99. The minimum absolute atomic E-state index is 0.0174. The Morgan fingerprint density at radius 3 is 2.53 bits per heavy atom. The highest BCUT2D eigenvalue weighted by Gasteiger charge is 2.27. The molecule has 184 valence electrons. The molecule has 2 aliphatic rings. The van der Waals surface area contributed by atoms with E-state index in [1.165, 1.54) is 18.2 Å². The number of hydrogen-bond acceptors (Lipinski definition) is 5. The Labute approximate surface area is 197 Å². The van der Waals surface area contributed by atoms with Crippen LogP contribution in [0.5, 0.6) is 0 Å². The van der Waals surface area contributed by atoms with Crippen LogP contribution in [0.15, 0.2) is 18.2 Å². The first-order valence-electron chi connectivity index (χ1n) is 11.4. The second kappa shape index (κ2) is 11.3. The van der Waals surface area contributed by atoms with Crippen LogP contribution in [0.1, 0.15) is 55.3 Å². The van der Waals surface area contributed by atoms with Gasteiger partial charge in [-0.2, -0.15) is 0 Å². The predicted molar refractivity (Wildman–Crippen MR) is 126 cm³/mol. The maximum atomic E-state index is 13.1. The molecule has 0 aliphatic carbocycles. The second-order valence-corrected chi connectivity index (χ2v) is 8.52. The lowest BCUT2D eigenvalue weighted by atomic mass is 10.0. The largest absolute Gasteiger partial charge is 0.465 e. The number of hydrogen-bond donors (Lipinski definition) is 7. The average molecular weight is 474 g/mol. The molecule has 8 N–H and O–H groups in total. The highest BCUT2D eigenvalue weighted by molar-refractivity contribution is 6.06. The van der Waals surface area contributed by atoms with Gasteiger partial charge in [-0.1, -0.05) is 12.8 Å². The summed E-state index contributed by atoms with van der Waals surface area (Å²) in [6.07, 6.45) is 2.73. The minimum Gasteiger partial charge on any atom is -0.465 e. The van der Waals surface area contributed by atoms with Crippen LogP contribution in [-0.4, -0.2) is 65.0 Å². The van der Waals surface area contributed by atoms with Crippen molar-refractivity contribution in [3.05, 3.63) is 23.8 Å². The summed E-state index contributed by atoms with van der Waals surface area (Å²) < 4.78 is 0. The van der Waals surface area contributed by atoms with Crippen LogP contribution in [0.3, 0.4) is 0 Å². The van der Waals surface area contributed by atoms with Crippen LogP contribution in [0, 0.1) is 5.41 Å². The second-order valence-electron chi connectivity index (χ2n) is 8.52. The summed E-state index contributed by atoms with van der Waals surface area (Å²) in [4.78, 5) is 51.1. The van der Waals surface area contributed by atoms with Gasteiger partial charge in [-0.15, -0.1) is 0 Å². The van der Waals surface area contributed by atoms with Crippen molar-refractivity contribution >= 4 is 41.1 Å². The van der Waals surface area contributed by atoms with Gasteiger partial charge in [0.1, 0.15) is 6.04 Å². The standard InChI is InChI=1S/C22H31N7O5/c23-21(24)29-10-8-13(9-11-29)25-20(32)16-4-2-1-3-5-18(30)27-17-12-14(26-22(33)34)6-7-15(17)19(31)28-16/h6-7,12-13,16,26H,1-5,8-11H2,(H3,23,24)(H,25,32)(H,27,30)(H,28,31)(H,33,34). The number of rotatable bonds is 3. The van der Waals surface area contributed by atoms with Crippen molar-refractivity contribution < 1.29 is 24.3 Å². The minimum atomic E-state index is -1.27. The van der Waals surface area contributed by atoms with E-state index >= 15 is 0 Å². The SMILES string of the molecule is N=C(N)N1CCC(NC(=O)C2CCCCCC(=O)Nc3cc(NC(=O)O)ccc3C(=O)N2)CC1. The summed E-state index contributed by atoms with van der Waals surface area (Å²) in [5.41, 5.74) is 6.04. The van der Waals surface area contributed by atoms with Crippen molar-refractivity contribution in [3.63, 3.8) is 0 Å². The predicted octanol–water partition coefficient (Wildman–Crippen LogP) is 1.25. The smallest absolute Gasteiger partial charge is 0.409 e. The fourth-order valence-corrected chi connectivity index (χ4v) is 4.14. The van der Waals surface area contributed by atoms with Crippen LogP contribution < -0.4 is 27.0 Å². The molecule has 0 radical (unpaired) electrons. The normalized spacial score (nSPS) is 20.0. The summed E-state index contributed by atoms with van der Waals surface area (Å²) in [7, 11) is 0. The molecule has 1 fully saturated rings. The maximum absolute atomic E-state index is 13.1. The Kier molecular flexibility index (Phi) is 8.28. The van der Waals surface area contributed by atoms with Gasteiger partial charge in [0.2, 0.25) is 11.8 Å². The number of fused-ring (bicyclic) bond motifs is 1. The molecule has 12 heteroatoms. The van der Waals surface area contributed by atoms with E-state index in [2.05, 4.69) is 21.3 Å². The van der Waals surface area contributed by atoms with Gasteiger partial charge < -0.3 is 31.7 Å². The zero-order valence-corrected chi connectivity index (χ0v) is 18.9. The molecule has 0 saturated carbocycles. The van der Waals surface area contributed by atoms with Gasteiger partial charge in [0.25, 0.3) is 5.91 Å². The van der Waals surface area contributed by atoms with Crippen molar-refractivity contribution in [2.45, 2.75) is 57.0 Å². The summed E-state index contributed by atoms with van der Waals surface area (Å²) in [5.74, 6) is -1.07. The topological polar surface area (TPSA) is 190 Å². The van der Waals surface area contributed by atoms with E-state index in [0.29, 0.717) is 45.2 Å². The number of likely N-dealkylation sites (tertiary alicyclic amines) is 1. The van der Waals surface area contributed by atoms with Crippen LogP contribution >= 0.6 is 0 Å². The van der Waals surface area contributed by atoms with E-state index in [1.54, 1.807) is 4.90 Å². The lowest BCUT2D eigenvalue weighted by Crippen LogP contribution is -2.53. The number of amides is 4. The van der Waals surface area contributed by atoms with Gasteiger partial charge in [0, 0.05) is 31.2 Å². The third-order valence-corrected chi connectivity index (χ3v) is 5.99. The summed E-state index contributed by atoms with van der Waals surface area (Å²) >= 11 is 0. The number of anilines is 2. The van der Waals surface area contributed by atoms with E-state index in [4.69, 9.17) is 16.2 Å². The molecule has 4 amide bonds. The Morgan fingerprint density at radius 1 is 1.12 bits per heavy atom. The number of carbonyl (C=O) groups excluding carboxylic acids is 3. The summed E-state index contributed by atoms with van der Waals surface area (Å²) in [5, 5.41) is 27.1. The number of nitrogens with two attached hydrogens (primary N) is 1. The first-order chi connectivity index (χ1) is 16.2. The first-order valence-corrected chi connectivity index (χ1v) is 11.4. The Bertz CT molecular complexity index is 959. The molecule has 2 aliphatic heterocycles. The van der Waals surface area contributed by atoms with Gasteiger partial charge in [-0.3, -0.25) is 25.1 Å². The maximum Gasteiger partial charge on any atom is 0.409 e. The molecule has 0 bridgehead atoms. The van der Waals surface area contributed by atoms with Crippen molar-refractivity contribution in [3.8, 4) is 0 Å². The van der Waals surface area contributed by atoms with E-state index in [-0.39, 0.29) is 47.2 Å². The van der Waals surface area contributed by atoms with Crippen LogP contribution in [-0.2, 0) is 9.59 Å². The molecule has 34 heavy (non-hydrogen) atoms. The fourth-order valence-electron chi connectivity index (χ4n) is 4.14. The zero-order chi connectivity index (χ0) is 24.7. The molecule has 2 heterocycles. The average Bonchev–Trinajstić information content (AvgIpc) is 2.77. The van der Waals surface area contributed by atoms with E-state index in [0.717, 1.165) is 6.42 Å². The molecular formula is C22H31N7O5. The van der Waals surface area contributed by atoms with Crippen molar-refractivity contribution in [1.82, 2.24) is 15.5 Å². The quantitative estimate of drug-likeness (QED) is 0.254. The van der Waals surface area contributed by atoms with Gasteiger partial charge >= 0.3 is 6.09 Å². The van der Waals surface area contributed by atoms with Crippen LogP contribution in [0.25, 0.3) is 0 Å². The van der Waals surface area contributed by atoms with E-state index in [9.17, 15) is 19.2 Å². The summed E-state index contributed by atoms with van der Waals surface area (Å²) in [6, 6.07) is 3.39. The molecule has 1 aromatic carbocycles. The number of carbonyl (C=O) groups is 4. The molecule has 1 unspecified atom stereocenters. The van der Waals surface area contributed by atoms with Gasteiger partial charge in [0.05, 0.1) is 11.3 Å². The number of guanidine groups is 1. The lowest BCUT2D eigenvalue weighted by molar-refractivity contribution is -0.124. The number of carboxylic acid groups (broad SMARTS) is 1. The van der Waals surface area contributed by atoms with Crippen molar-refractivity contribution in [1.29, 1.82) is 5.41 Å². The van der Waals surface area contributed by atoms with Crippen LogP contribution in [0.4, 0.5) is 16.2 Å². The molecule has 1 saturated heterocycles. The number of benzene rings is 1. The third kappa shape index (κ3) is 6.83. The fraction of sp³-hybridized carbons (Fsp3) is 0.500. The highest BCUT2D eigenvalue weighted by Crippen LogP contribution is 2.23. The lowest BCUT2D eigenvalue weighted by Gasteiger charge is -2.33. The monoisotopic (exact) mass is 473 g/mol. The Morgan fingerprint density at radius 2 is 1.85 bits per heavy atom. The Balaban J connectivity index is 1.74. The molecule has 1 aromatic rings. The van der Waals surface area contributed by atoms with Gasteiger partial charge in [-0.25, -0.2) is 4.79 Å². The number of piperidine rings is 1. The van der Waals surface area contributed by atoms with E-state index < -0.39 is 18.0 Å². The molecule has 1 atom stereocenters. The van der Waals surface area contributed by atoms with Crippen LogP contribution in [0.2, 0.25) is 0 Å².